The van der Waals surface area contributed by atoms with Crippen molar-refractivity contribution >= 4 is 33.2 Å². The molecule has 0 atom stereocenters. The SMILES string of the molecule is O=C(O)C(=O)c1ccc(S(=O)(=O)C2CC2)c(Cl)c1. The van der Waals surface area contributed by atoms with Gasteiger partial charge in [-0.3, -0.25) is 4.79 Å². The van der Waals surface area contributed by atoms with Crippen LogP contribution in [-0.2, 0) is 14.6 Å². The molecular formula is C11H9ClO5S. The first-order chi connectivity index (χ1) is 8.34. The number of sulfone groups is 1. The van der Waals surface area contributed by atoms with Crippen LogP contribution in [0.3, 0.4) is 0 Å². The molecule has 96 valence electrons. The Bertz CT molecular complexity index is 631. The molecule has 1 aromatic carbocycles. The summed E-state index contributed by atoms with van der Waals surface area (Å²) in [5.41, 5.74) is -0.137. The van der Waals surface area contributed by atoms with Crippen LogP contribution in [0, 0.1) is 0 Å². The molecular weight excluding hydrogens is 280 g/mol. The zero-order valence-corrected chi connectivity index (χ0v) is 10.7. The molecule has 2 rings (SSSR count). The summed E-state index contributed by atoms with van der Waals surface area (Å²) in [4.78, 5) is 21.6. The Balaban J connectivity index is 2.43. The summed E-state index contributed by atoms with van der Waals surface area (Å²) >= 11 is 5.81. The highest BCUT2D eigenvalue weighted by Crippen LogP contribution is 2.36. The van der Waals surface area contributed by atoms with Crippen LogP contribution in [0.4, 0.5) is 0 Å². The van der Waals surface area contributed by atoms with Gasteiger partial charge in [0, 0.05) is 5.56 Å². The van der Waals surface area contributed by atoms with Gasteiger partial charge >= 0.3 is 5.97 Å². The standard InChI is InChI=1S/C11H9ClO5S/c12-8-5-6(10(13)11(14)15)1-4-9(8)18(16,17)7-2-3-7/h1,4-5,7H,2-3H2,(H,14,15). The van der Waals surface area contributed by atoms with Gasteiger partial charge in [-0.05, 0) is 31.0 Å². The van der Waals surface area contributed by atoms with Crippen LogP contribution in [0.15, 0.2) is 23.1 Å². The first-order valence-corrected chi connectivity index (χ1v) is 7.07. The zero-order chi connectivity index (χ0) is 13.5. The quantitative estimate of drug-likeness (QED) is 0.670. The van der Waals surface area contributed by atoms with E-state index in [-0.39, 0.29) is 15.5 Å². The summed E-state index contributed by atoms with van der Waals surface area (Å²) in [6, 6.07) is 3.43. The lowest BCUT2D eigenvalue weighted by Crippen LogP contribution is -2.14. The number of hydrogen-bond donors (Lipinski definition) is 1. The van der Waals surface area contributed by atoms with E-state index >= 15 is 0 Å². The number of Topliss-reactive ketones (excluding diaryl/α,β-unsaturated/α-hetero) is 1. The molecule has 7 heteroatoms. The van der Waals surface area contributed by atoms with Crippen molar-refractivity contribution in [1.82, 2.24) is 0 Å². The summed E-state index contributed by atoms with van der Waals surface area (Å²) in [5, 5.41) is 8.02. The van der Waals surface area contributed by atoms with Crippen molar-refractivity contribution in [1.29, 1.82) is 0 Å². The number of rotatable bonds is 4. The predicted molar refractivity (Wildman–Crippen MR) is 63.6 cm³/mol. The van der Waals surface area contributed by atoms with Crippen molar-refractivity contribution in [2.24, 2.45) is 0 Å². The van der Waals surface area contributed by atoms with E-state index in [2.05, 4.69) is 0 Å². The molecule has 1 aromatic rings. The van der Waals surface area contributed by atoms with Crippen LogP contribution in [0.5, 0.6) is 0 Å². The summed E-state index contributed by atoms with van der Waals surface area (Å²) in [5.74, 6) is -2.73. The minimum Gasteiger partial charge on any atom is -0.475 e. The lowest BCUT2D eigenvalue weighted by Gasteiger charge is -2.06. The normalized spacial score (nSPS) is 15.4. The topological polar surface area (TPSA) is 88.5 Å². The van der Waals surface area contributed by atoms with E-state index in [9.17, 15) is 18.0 Å². The van der Waals surface area contributed by atoms with Gasteiger partial charge in [-0.15, -0.1) is 0 Å². The van der Waals surface area contributed by atoms with Crippen LogP contribution in [0.1, 0.15) is 23.2 Å². The second-order valence-corrected chi connectivity index (χ2v) is 6.63. The molecule has 18 heavy (non-hydrogen) atoms. The van der Waals surface area contributed by atoms with Gasteiger partial charge in [0.2, 0.25) is 0 Å². The molecule has 5 nitrogen and oxygen atoms in total. The molecule has 0 radical (unpaired) electrons. The zero-order valence-electron chi connectivity index (χ0n) is 9.09. The lowest BCUT2D eigenvalue weighted by atomic mass is 10.1. The first-order valence-electron chi connectivity index (χ1n) is 5.15. The molecule has 0 aliphatic heterocycles. The molecule has 1 aliphatic carbocycles. The monoisotopic (exact) mass is 288 g/mol. The van der Waals surface area contributed by atoms with Crippen molar-refractivity contribution in [3.8, 4) is 0 Å². The van der Waals surface area contributed by atoms with Crippen molar-refractivity contribution in [2.75, 3.05) is 0 Å². The lowest BCUT2D eigenvalue weighted by molar-refractivity contribution is -0.131. The average Bonchev–Trinajstić information content (AvgIpc) is 3.11. The largest absolute Gasteiger partial charge is 0.475 e. The number of halogens is 1. The third kappa shape index (κ3) is 2.26. The van der Waals surface area contributed by atoms with Gasteiger partial charge in [0.05, 0.1) is 15.2 Å². The first kappa shape index (κ1) is 13.0. The Morgan fingerprint density at radius 2 is 1.89 bits per heavy atom. The maximum atomic E-state index is 11.9. The number of hydrogen-bond acceptors (Lipinski definition) is 4. The van der Waals surface area contributed by atoms with Crippen LogP contribution >= 0.6 is 11.6 Å². The molecule has 0 bridgehead atoms. The Hall–Kier alpha value is -1.40. The molecule has 0 spiro atoms. The van der Waals surface area contributed by atoms with E-state index in [1.165, 1.54) is 6.07 Å². The van der Waals surface area contributed by atoms with Crippen LogP contribution in [0.25, 0.3) is 0 Å². The van der Waals surface area contributed by atoms with Gasteiger partial charge in [0.1, 0.15) is 0 Å². The third-order valence-electron chi connectivity index (χ3n) is 2.66. The Morgan fingerprint density at radius 3 is 2.33 bits per heavy atom. The maximum absolute atomic E-state index is 11.9. The minimum absolute atomic E-state index is 0.0476. The van der Waals surface area contributed by atoms with E-state index in [4.69, 9.17) is 16.7 Å². The van der Waals surface area contributed by atoms with E-state index in [1.807, 2.05) is 0 Å². The van der Waals surface area contributed by atoms with Gasteiger partial charge in [-0.2, -0.15) is 0 Å². The van der Waals surface area contributed by atoms with Crippen molar-refractivity contribution < 1.29 is 23.1 Å². The van der Waals surface area contributed by atoms with Crippen molar-refractivity contribution in [3.63, 3.8) is 0 Å². The Labute approximate surface area is 108 Å². The molecule has 0 aromatic heterocycles. The van der Waals surface area contributed by atoms with Gasteiger partial charge in [-0.1, -0.05) is 11.6 Å². The number of carboxylic acid groups (broad SMARTS) is 1. The smallest absolute Gasteiger partial charge is 0.377 e. The second kappa shape index (κ2) is 4.37. The highest BCUT2D eigenvalue weighted by Gasteiger charge is 2.38. The number of carboxylic acids is 1. The highest BCUT2D eigenvalue weighted by molar-refractivity contribution is 7.92. The van der Waals surface area contributed by atoms with E-state index < -0.39 is 26.8 Å². The summed E-state index contributed by atoms with van der Waals surface area (Å²) < 4.78 is 23.9. The average molecular weight is 289 g/mol. The molecule has 0 heterocycles. The molecule has 0 amide bonds. The van der Waals surface area contributed by atoms with Crippen molar-refractivity contribution in [2.45, 2.75) is 23.0 Å². The number of carbonyl (C=O) groups excluding carboxylic acids is 1. The fraction of sp³-hybridized carbons (Fsp3) is 0.273. The fourth-order valence-electron chi connectivity index (χ4n) is 1.55. The Kier molecular flexibility index (Phi) is 3.16. The number of carbonyl (C=O) groups is 2. The minimum atomic E-state index is -3.45. The van der Waals surface area contributed by atoms with Crippen LogP contribution < -0.4 is 0 Å². The summed E-state index contributed by atoms with van der Waals surface area (Å²) in [7, 11) is -3.45. The molecule has 1 aliphatic rings. The molecule has 1 saturated carbocycles. The fourth-order valence-corrected chi connectivity index (χ4v) is 3.76. The summed E-state index contributed by atoms with van der Waals surface area (Å²) in [6.45, 7) is 0. The van der Waals surface area contributed by atoms with E-state index in [0.717, 1.165) is 12.1 Å². The number of aliphatic carboxylic acids is 1. The molecule has 0 unspecified atom stereocenters. The number of ketones is 1. The summed E-state index contributed by atoms with van der Waals surface area (Å²) in [6.07, 6.45) is 1.21. The van der Waals surface area contributed by atoms with E-state index in [0.29, 0.717) is 12.8 Å². The molecule has 1 N–H and O–H groups in total. The number of benzene rings is 1. The second-order valence-electron chi connectivity index (χ2n) is 4.02. The van der Waals surface area contributed by atoms with E-state index in [1.54, 1.807) is 0 Å². The van der Waals surface area contributed by atoms with Crippen molar-refractivity contribution in [3.05, 3.63) is 28.8 Å². The van der Waals surface area contributed by atoms with Gasteiger partial charge < -0.3 is 5.11 Å². The van der Waals surface area contributed by atoms with Crippen LogP contribution in [0.2, 0.25) is 5.02 Å². The maximum Gasteiger partial charge on any atom is 0.377 e. The van der Waals surface area contributed by atoms with Gasteiger partial charge in [0.15, 0.2) is 9.84 Å². The predicted octanol–water partition coefficient (Wildman–Crippen LogP) is 1.54. The highest BCUT2D eigenvalue weighted by atomic mass is 35.5. The third-order valence-corrected chi connectivity index (χ3v) is 5.40. The van der Waals surface area contributed by atoms with Gasteiger partial charge in [-0.25, -0.2) is 13.2 Å². The van der Waals surface area contributed by atoms with Gasteiger partial charge in [0.25, 0.3) is 5.78 Å². The Morgan fingerprint density at radius 1 is 1.28 bits per heavy atom. The molecule has 0 saturated heterocycles. The van der Waals surface area contributed by atoms with Crippen LogP contribution in [-0.4, -0.2) is 30.5 Å². The molecule has 1 fully saturated rings.